The Kier molecular flexibility index (Phi) is 11.1. The predicted molar refractivity (Wildman–Crippen MR) is 109 cm³/mol. The Bertz CT molecular complexity index is 749. The highest BCUT2D eigenvalue weighted by Crippen LogP contribution is 2.61. The minimum absolute atomic E-state index is 0.0754. The van der Waals surface area contributed by atoms with Crippen LogP contribution in [0.5, 0.6) is 0 Å². The lowest BCUT2D eigenvalue weighted by Crippen LogP contribution is -2.04. The summed E-state index contributed by atoms with van der Waals surface area (Å²) in [5.41, 5.74) is 0. The van der Waals surface area contributed by atoms with E-state index in [1.807, 2.05) is 0 Å². The van der Waals surface area contributed by atoms with Gasteiger partial charge >= 0.3 is 21.2 Å². The SMILES string of the molecule is CCOC(=O)C=C(c1ccc(CP(=O)(OCC)OCC)o1)P(=O)(OCC)OCC. The molecule has 0 aliphatic heterocycles. The van der Waals surface area contributed by atoms with Crippen LogP contribution in [0.4, 0.5) is 0 Å². The first-order chi connectivity index (χ1) is 13.8. The van der Waals surface area contributed by atoms with Crippen LogP contribution in [0.1, 0.15) is 46.1 Å². The standard InChI is InChI=1S/C18H30O9P2/c1-6-22-18(19)13-17(29(21,25-9-4)26-10-5)16-12-11-15(27-16)14-28(20,23-7-2)24-8-3/h11-13H,6-10,14H2,1-5H3. The molecular weight excluding hydrogens is 422 g/mol. The molecule has 0 aliphatic rings. The van der Waals surface area contributed by atoms with E-state index in [-0.39, 0.29) is 56.0 Å². The summed E-state index contributed by atoms with van der Waals surface area (Å²) in [6.07, 6.45) is 0.915. The molecule has 0 spiro atoms. The molecule has 11 heteroatoms. The zero-order valence-corrected chi connectivity index (χ0v) is 19.3. The van der Waals surface area contributed by atoms with Crippen LogP contribution in [-0.2, 0) is 42.9 Å². The summed E-state index contributed by atoms with van der Waals surface area (Å²) < 4.78 is 57.9. The van der Waals surface area contributed by atoms with Crippen LogP contribution in [0, 0.1) is 0 Å². The molecule has 0 aromatic carbocycles. The van der Waals surface area contributed by atoms with E-state index in [4.69, 9.17) is 27.2 Å². The zero-order valence-electron chi connectivity index (χ0n) is 17.5. The summed E-state index contributed by atoms with van der Waals surface area (Å²) in [7, 11) is -7.26. The lowest BCUT2D eigenvalue weighted by molar-refractivity contribution is -0.137. The van der Waals surface area contributed by atoms with Gasteiger partial charge in [-0.25, -0.2) is 4.79 Å². The molecule has 1 heterocycles. The van der Waals surface area contributed by atoms with Gasteiger partial charge in [0.25, 0.3) is 0 Å². The van der Waals surface area contributed by atoms with E-state index in [0.29, 0.717) is 0 Å². The van der Waals surface area contributed by atoms with Crippen molar-refractivity contribution in [2.24, 2.45) is 0 Å². The largest absolute Gasteiger partial charge is 0.463 e. The number of carbonyl (C=O) groups is 1. The van der Waals surface area contributed by atoms with Gasteiger partial charge in [-0.1, -0.05) is 0 Å². The second-order valence-corrected chi connectivity index (χ2v) is 9.53. The summed E-state index contributed by atoms with van der Waals surface area (Å²) >= 11 is 0. The van der Waals surface area contributed by atoms with Gasteiger partial charge in [-0.15, -0.1) is 0 Å². The van der Waals surface area contributed by atoms with Crippen molar-refractivity contribution in [3.63, 3.8) is 0 Å². The highest BCUT2D eigenvalue weighted by atomic mass is 31.2. The Morgan fingerprint density at radius 3 is 1.93 bits per heavy atom. The predicted octanol–water partition coefficient (Wildman–Crippen LogP) is 5.22. The van der Waals surface area contributed by atoms with Gasteiger partial charge in [0.1, 0.15) is 23.0 Å². The van der Waals surface area contributed by atoms with E-state index >= 15 is 0 Å². The Morgan fingerprint density at radius 2 is 1.45 bits per heavy atom. The smallest absolute Gasteiger partial charge is 0.365 e. The van der Waals surface area contributed by atoms with Crippen LogP contribution in [0.3, 0.4) is 0 Å². The van der Waals surface area contributed by atoms with Crippen molar-refractivity contribution in [1.82, 2.24) is 0 Å². The van der Waals surface area contributed by atoms with Gasteiger partial charge in [0.05, 0.1) is 33.0 Å². The van der Waals surface area contributed by atoms with Crippen LogP contribution in [0.2, 0.25) is 0 Å². The molecule has 1 aromatic rings. The molecular formula is C18H30O9P2. The third kappa shape index (κ3) is 7.85. The minimum Gasteiger partial charge on any atom is -0.463 e. The van der Waals surface area contributed by atoms with Gasteiger partial charge in [0, 0.05) is 6.08 Å². The fraction of sp³-hybridized carbons (Fsp3) is 0.611. The van der Waals surface area contributed by atoms with Crippen molar-refractivity contribution in [3.8, 4) is 0 Å². The van der Waals surface area contributed by atoms with E-state index in [0.717, 1.165) is 6.08 Å². The number of rotatable bonds is 14. The van der Waals surface area contributed by atoms with Crippen molar-refractivity contribution in [1.29, 1.82) is 0 Å². The first kappa shape index (κ1) is 25.8. The molecule has 166 valence electrons. The highest BCUT2D eigenvalue weighted by Gasteiger charge is 2.35. The summed E-state index contributed by atoms with van der Waals surface area (Å²) in [4.78, 5) is 12.0. The van der Waals surface area contributed by atoms with Crippen LogP contribution in [0.15, 0.2) is 22.6 Å². The molecule has 9 nitrogen and oxygen atoms in total. The molecule has 0 saturated carbocycles. The Balaban J connectivity index is 3.32. The van der Waals surface area contributed by atoms with E-state index < -0.39 is 21.2 Å². The molecule has 0 bridgehead atoms. The number of ether oxygens (including phenoxy) is 1. The monoisotopic (exact) mass is 452 g/mol. The molecule has 0 unspecified atom stereocenters. The molecule has 1 aromatic heterocycles. The molecule has 0 N–H and O–H groups in total. The van der Waals surface area contributed by atoms with Crippen molar-refractivity contribution < 1.29 is 41.2 Å². The summed E-state index contributed by atoms with van der Waals surface area (Å²) in [5.74, 6) is -0.355. The normalized spacial score (nSPS) is 12.9. The molecule has 29 heavy (non-hydrogen) atoms. The summed E-state index contributed by atoms with van der Waals surface area (Å²) in [6, 6.07) is 3.04. The Hall–Kier alpha value is -1.21. The molecule has 0 fully saturated rings. The second-order valence-electron chi connectivity index (χ2n) is 5.49. The molecule has 0 atom stereocenters. The van der Waals surface area contributed by atoms with Crippen molar-refractivity contribution in [3.05, 3.63) is 29.7 Å². The number of carbonyl (C=O) groups excluding carboxylic acids is 1. The van der Waals surface area contributed by atoms with Gasteiger partial charge in [0.15, 0.2) is 0 Å². The van der Waals surface area contributed by atoms with Crippen molar-refractivity contribution in [2.75, 3.05) is 33.0 Å². The van der Waals surface area contributed by atoms with Crippen LogP contribution >= 0.6 is 15.2 Å². The Labute approximate surface area is 171 Å². The van der Waals surface area contributed by atoms with Crippen LogP contribution < -0.4 is 0 Å². The zero-order chi connectivity index (χ0) is 21.9. The number of hydrogen-bond acceptors (Lipinski definition) is 9. The lowest BCUT2D eigenvalue weighted by Gasteiger charge is -2.19. The number of esters is 1. The van der Waals surface area contributed by atoms with Gasteiger partial charge in [0.2, 0.25) is 0 Å². The quantitative estimate of drug-likeness (QED) is 0.213. The van der Waals surface area contributed by atoms with E-state index in [9.17, 15) is 13.9 Å². The van der Waals surface area contributed by atoms with Crippen LogP contribution in [0.25, 0.3) is 5.31 Å². The summed E-state index contributed by atoms with van der Waals surface area (Å²) in [5, 5.41) is -0.0754. The third-order valence-electron chi connectivity index (χ3n) is 3.35. The molecule has 0 radical (unpaired) electrons. The highest BCUT2D eigenvalue weighted by molar-refractivity contribution is 7.65. The maximum atomic E-state index is 13.3. The molecule has 1 rings (SSSR count). The fourth-order valence-electron chi connectivity index (χ4n) is 2.41. The van der Waals surface area contributed by atoms with E-state index in [2.05, 4.69) is 0 Å². The fourth-order valence-corrected chi connectivity index (χ4v) is 5.69. The molecule has 0 aliphatic carbocycles. The van der Waals surface area contributed by atoms with Gasteiger partial charge < -0.3 is 27.2 Å². The van der Waals surface area contributed by atoms with Crippen LogP contribution in [-0.4, -0.2) is 39.0 Å². The first-order valence-corrected chi connectivity index (χ1v) is 12.8. The molecule has 0 amide bonds. The summed E-state index contributed by atoms with van der Waals surface area (Å²) in [6.45, 7) is 9.13. The third-order valence-corrected chi connectivity index (χ3v) is 7.49. The Morgan fingerprint density at radius 1 is 0.897 bits per heavy atom. The number of furan rings is 1. The maximum absolute atomic E-state index is 13.3. The van der Waals surface area contributed by atoms with Gasteiger partial charge in [-0.05, 0) is 46.8 Å². The average molecular weight is 452 g/mol. The molecule has 0 saturated heterocycles. The van der Waals surface area contributed by atoms with Crippen molar-refractivity contribution in [2.45, 2.75) is 40.8 Å². The minimum atomic E-state index is -3.86. The van der Waals surface area contributed by atoms with Gasteiger partial charge in [-0.3, -0.25) is 9.13 Å². The maximum Gasteiger partial charge on any atom is 0.365 e. The average Bonchev–Trinajstić information content (AvgIpc) is 3.08. The topological polar surface area (TPSA) is 111 Å². The van der Waals surface area contributed by atoms with E-state index in [1.54, 1.807) is 40.7 Å². The van der Waals surface area contributed by atoms with E-state index in [1.165, 1.54) is 6.07 Å². The second kappa shape index (κ2) is 12.5. The number of hydrogen-bond donors (Lipinski definition) is 0. The lowest BCUT2D eigenvalue weighted by atomic mass is 10.4. The van der Waals surface area contributed by atoms with Gasteiger partial charge in [-0.2, -0.15) is 0 Å². The van der Waals surface area contributed by atoms with Crippen molar-refractivity contribution >= 4 is 26.5 Å². The first-order valence-electron chi connectivity index (χ1n) is 9.52.